The monoisotopic (exact) mass is 250 g/mol. The van der Waals surface area contributed by atoms with Crippen LogP contribution in [0.4, 0.5) is 5.82 Å². The number of hydrogen-bond donors (Lipinski definition) is 1. The molecule has 0 aromatic carbocycles. The van der Waals surface area contributed by atoms with Crippen molar-refractivity contribution in [2.45, 2.75) is 0 Å². The van der Waals surface area contributed by atoms with Crippen LogP contribution in [0.15, 0.2) is 12.1 Å². The predicted octanol–water partition coefficient (Wildman–Crippen LogP) is 1.29. The Balaban J connectivity index is 3.13. The SMILES string of the molecule is N#CCN(CC#N)c1ccc(Cl)c(C(=O)O)n1. The highest BCUT2D eigenvalue weighted by molar-refractivity contribution is 6.33. The van der Waals surface area contributed by atoms with Crippen LogP contribution in [0.2, 0.25) is 5.02 Å². The van der Waals surface area contributed by atoms with E-state index in [0.29, 0.717) is 0 Å². The van der Waals surface area contributed by atoms with Gasteiger partial charge in [-0.3, -0.25) is 0 Å². The van der Waals surface area contributed by atoms with E-state index >= 15 is 0 Å². The Labute approximate surface area is 102 Å². The lowest BCUT2D eigenvalue weighted by Gasteiger charge is -2.17. The second-order valence-corrected chi connectivity index (χ2v) is 3.38. The number of carboxylic acid groups (broad SMARTS) is 1. The van der Waals surface area contributed by atoms with Gasteiger partial charge in [0, 0.05) is 0 Å². The van der Waals surface area contributed by atoms with Gasteiger partial charge < -0.3 is 10.0 Å². The summed E-state index contributed by atoms with van der Waals surface area (Å²) in [5.74, 6) is -1.03. The molecule has 0 amide bonds. The van der Waals surface area contributed by atoms with Crippen LogP contribution in [0.3, 0.4) is 0 Å². The van der Waals surface area contributed by atoms with Crippen molar-refractivity contribution in [3.8, 4) is 12.1 Å². The molecule has 0 saturated heterocycles. The van der Waals surface area contributed by atoms with Gasteiger partial charge in [-0.15, -0.1) is 0 Å². The summed E-state index contributed by atoms with van der Waals surface area (Å²) < 4.78 is 0. The second kappa shape index (κ2) is 5.69. The van der Waals surface area contributed by atoms with Crippen molar-refractivity contribution in [3.63, 3.8) is 0 Å². The molecule has 0 aliphatic carbocycles. The zero-order chi connectivity index (χ0) is 12.8. The minimum atomic E-state index is -1.26. The van der Waals surface area contributed by atoms with Gasteiger partial charge in [0.1, 0.15) is 18.9 Å². The van der Waals surface area contributed by atoms with E-state index in [9.17, 15) is 4.79 Å². The van der Waals surface area contributed by atoms with Crippen molar-refractivity contribution in [2.75, 3.05) is 18.0 Å². The minimum Gasteiger partial charge on any atom is -0.476 e. The Morgan fingerprint density at radius 3 is 2.47 bits per heavy atom. The van der Waals surface area contributed by atoms with E-state index in [1.807, 2.05) is 12.1 Å². The number of nitrogens with zero attached hydrogens (tertiary/aromatic N) is 4. The Morgan fingerprint density at radius 2 is 2.00 bits per heavy atom. The zero-order valence-electron chi connectivity index (χ0n) is 8.59. The van der Waals surface area contributed by atoms with Gasteiger partial charge in [-0.25, -0.2) is 9.78 Å². The molecule has 86 valence electrons. The summed E-state index contributed by atoms with van der Waals surface area (Å²) in [4.78, 5) is 16.0. The summed E-state index contributed by atoms with van der Waals surface area (Å²) in [7, 11) is 0. The van der Waals surface area contributed by atoms with E-state index in [2.05, 4.69) is 4.98 Å². The summed E-state index contributed by atoms with van der Waals surface area (Å²) in [6.07, 6.45) is 0. The molecule has 0 radical (unpaired) electrons. The van der Waals surface area contributed by atoms with E-state index in [1.165, 1.54) is 17.0 Å². The molecule has 1 rings (SSSR count). The number of carbonyl (C=O) groups is 1. The van der Waals surface area contributed by atoms with Crippen molar-refractivity contribution < 1.29 is 9.90 Å². The molecule has 0 aliphatic rings. The van der Waals surface area contributed by atoms with Gasteiger partial charge >= 0.3 is 5.97 Å². The smallest absolute Gasteiger partial charge is 0.356 e. The normalized spacial score (nSPS) is 9.12. The van der Waals surface area contributed by atoms with Crippen LogP contribution in [0.25, 0.3) is 0 Å². The molecule has 7 heteroatoms. The summed E-state index contributed by atoms with van der Waals surface area (Å²) in [5, 5.41) is 26.0. The summed E-state index contributed by atoms with van der Waals surface area (Å²) in [6, 6.07) is 6.57. The number of aromatic carboxylic acids is 1. The first-order valence-electron chi connectivity index (χ1n) is 4.48. The lowest BCUT2D eigenvalue weighted by atomic mass is 10.3. The average molecular weight is 251 g/mol. The van der Waals surface area contributed by atoms with Crippen LogP contribution < -0.4 is 4.90 Å². The molecule has 1 aromatic rings. The number of rotatable bonds is 4. The minimum absolute atomic E-state index is 0.00937. The highest BCUT2D eigenvalue weighted by Crippen LogP contribution is 2.19. The first-order chi connectivity index (χ1) is 8.10. The van der Waals surface area contributed by atoms with Crippen molar-refractivity contribution in [3.05, 3.63) is 22.8 Å². The Hall–Kier alpha value is -2.31. The first-order valence-corrected chi connectivity index (χ1v) is 4.86. The van der Waals surface area contributed by atoms with Crippen molar-refractivity contribution in [2.24, 2.45) is 0 Å². The molecule has 1 N–H and O–H groups in total. The summed E-state index contributed by atoms with van der Waals surface area (Å²) >= 11 is 5.66. The molecule has 6 nitrogen and oxygen atoms in total. The van der Waals surface area contributed by atoms with E-state index in [4.69, 9.17) is 27.2 Å². The van der Waals surface area contributed by atoms with Crippen molar-refractivity contribution in [1.29, 1.82) is 10.5 Å². The maximum absolute atomic E-state index is 10.8. The Kier molecular flexibility index (Phi) is 4.27. The van der Waals surface area contributed by atoms with Gasteiger partial charge in [-0.2, -0.15) is 10.5 Å². The number of aromatic nitrogens is 1. The van der Waals surface area contributed by atoms with Gasteiger partial charge in [-0.1, -0.05) is 11.6 Å². The lowest BCUT2D eigenvalue weighted by Crippen LogP contribution is -2.25. The number of nitriles is 2. The first kappa shape index (κ1) is 12.8. The third-order valence-corrected chi connectivity index (χ3v) is 2.19. The molecule has 0 bridgehead atoms. The fourth-order valence-electron chi connectivity index (χ4n) is 1.15. The van der Waals surface area contributed by atoms with Gasteiger partial charge in [0.25, 0.3) is 0 Å². The van der Waals surface area contributed by atoms with E-state index < -0.39 is 5.97 Å². The quantitative estimate of drug-likeness (QED) is 0.808. The van der Waals surface area contributed by atoms with Gasteiger partial charge in [0.05, 0.1) is 17.2 Å². The maximum atomic E-state index is 10.8. The van der Waals surface area contributed by atoms with Gasteiger partial charge in [0.2, 0.25) is 0 Å². The van der Waals surface area contributed by atoms with Crippen LogP contribution in [-0.2, 0) is 0 Å². The number of pyridine rings is 1. The number of carboxylic acids is 1. The molecule has 17 heavy (non-hydrogen) atoms. The Bertz CT molecular complexity index is 502. The third kappa shape index (κ3) is 3.07. The number of hydrogen-bond acceptors (Lipinski definition) is 5. The highest BCUT2D eigenvalue weighted by Gasteiger charge is 2.14. The molecule has 0 fully saturated rings. The zero-order valence-corrected chi connectivity index (χ0v) is 9.35. The summed E-state index contributed by atoms with van der Waals surface area (Å²) in [6.45, 7) is -0.109. The average Bonchev–Trinajstić information content (AvgIpc) is 2.29. The fourth-order valence-corrected chi connectivity index (χ4v) is 1.33. The third-order valence-electron chi connectivity index (χ3n) is 1.88. The second-order valence-electron chi connectivity index (χ2n) is 2.98. The van der Waals surface area contributed by atoms with E-state index in [-0.39, 0.29) is 29.6 Å². The fraction of sp³-hybridized carbons (Fsp3) is 0.200. The molecule has 1 aromatic heterocycles. The van der Waals surface area contributed by atoms with Gasteiger partial charge in [0.15, 0.2) is 5.69 Å². The molecular formula is C10H7ClN4O2. The predicted molar refractivity (Wildman–Crippen MR) is 59.6 cm³/mol. The molecule has 0 unspecified atom stereocenters. The van der Waals surface area contributed by atoms with Crippen LogP contribution in [0, 0.1) is 22.7 Å². The molecule has 0 spiro atoms. The number of anilines is 1. The van der Waals surface area contributed by atoms with E-state index in [0.717, 1.165) is 0 Å². The summed E-state index contributed by atoms with van der Waals surface area (Å²) in [5.41, 5.74) is -0.301. The van der Waals surface area contributed by atoms with Crippen LogP contribution in [0.1, 0.15) is 10.5 Å². The number of halogens is 1. The molecular weight excluding hydrogens is 244 g/mol. The molecule has 0 aliphatic heterocycles. The maximum Gasteiger partial charge on any atom is 0.356 e. The van der Waals surface area contributed by atoms with Crippen molar-refractivity contribution in [1.82, 2.24) is 4.98 Å². The van der Waals surface area contributed by atoms with Crippen LogP contribution >= 0.6 is 11.6 Å². The Morgan fingerprint density at radius 1 is 1.41 bits per heavy atom. The molecule has 1 heterocycles. The van der Waals surface area contributed by atoms with E-state index in [1.54, 1.807) is 0 Å². The largest absolute Gasteiger partial charge is 0.476 e. The van der Waals surface area contributed by atoms with Crippen LogP contribution in [0.5, 0.6) is 0 Å². The lowest BCUT2D eigenvalue weighted by molar-refractivity contribution is 0.0691. The molecule has 0 saturated carbocycles. The highest BCUT2D eigenvalue weighted by atomic mass is 35.5. The van der Waals surface area contributed by atoms with Crippen LogP contribution in [-0.4, -0.2) is 29.1 Å². The van der Waals surface area contributed by atoms with Crippen molar-refractivity contribution >= 4 is 23.4 Å². The standard InChI is InChI=1S/C10H7ClN4O2/c11-7-1-2-8(14-9(7)10(16)17)15(5-3-12)6-4-13/h1-2H,5-6H2,(H,16,17). The van der Waals surface area contributed by atoms with Gasteiger partial charge in [-0.05, 0) is 12.1 Å². The molecule has 0 atom stereocenters. The topological polar surface area (TPSA) is 101 Å².